The molecular formula is C26H37N7O5. The summed E-state index contributed by atoms with van der Waals surface area (Å²) in [6.45, 7) is 0.478. The summed E-state index contributed by atoms with van der Waals surface area (Å²) in [5.41, 5.74) is 25.4. The Morgan fingerprint density at radius 2 is 1.50 bits per heavy atom. The first-order valence-electron chi connectivity index (χ1n) is 12.6. The van der Waals surface area contributed by atoms with Gasteiger partial charge >= 0.3 is 0 Å². The number of hydrogen-bond donors (Lipinski definition) is 9. The van der Waals surface area contributed by atoms with Gasteiger partial charge in [0.25, 0.3) is 0 Å². The number of rotatable bonds is 7. The van der Waals surface area contributed by atoms with Crippen LogP contribution in [0.2, 0.25) is 0 Å². The van der Waals surface area contributed by atoms with Crippen molar-refractivity contribution < 1.29 is 24.6 Å². The van der Waals surface area contributed by atoms with Crippen LogP contribution in [0.25, 0.3) is 11.1 Å². The minimum Gasteiger partial charge on any atom is -0.508 e. The summed E-state index contributed by atoms with van der Waals surface area (Å²) in [6.07, 6.45) is 0.608. The van der Waals surface area contributed by atoms with Crippen molar-refractivity contribution in [2.45, 2.75) is 49.9 Å². The fraction of sp³-hybridized carbons (Fsp3) is 0.423. The van der Waals surface area contributed by atoms with Gasteiger partial charge in [-0.25, -0.2) is 0 Å². The van der Waals surface area contributed by atoms with Crippen molar-refractivity contribution >= 4 is 17.7 Å². The molecule has 13 N–H and O–H groups in total. The van der Waals surface area contributed by atoms with Crippen LogP contribution in [0.1, 0.15) is 24.0 Å². The molecule has 3 rings (SSSR count). The van der Waals surface area contributed by atoms with Crippen molar-refractivity contribution in [3.63, 3.8) is 0 Å². The third-order valence-corrected chi connectivity index (χ3v) is 6.57. The molecule has 0 spiro atoms. The number of nitrogens with two attached hydrogens (primary N) is 4. The van der Waals surface area contributed by atoms with Crippen molar-refractivity contribution in [1.29, 1.82) is 0 Å². The zero-order valence-electron chi connectivity index (χ0n) is 21.2. The van der Waals surface area contributed by atoms with Gasteiger partial charge in [0.1, 0.15) is 23.6 Å². The Morgan fingerprint density at radius 3 is 2.05 bits per heavy atom. The summed E-state index contributed by atoms with van der Waals surface area (Å²) >= 11 is 0. The number of phenols is 2. The van der Waals surface area contributed by atoms with Crippen LogP contribution in [0, 0.1) is 0 Å². The second-order valence-electron chi connectivity index (χ2n) is 9.43. The van der Waals surface area contributed by atoms with Gasteiger partial charge in [0.05, 0.1) is 12.1 Å². The lowest BCUT2D eigenvalue weighted by Gasteiger charge is -2.26. The van der Waals surface area contributed by atoms with E-state index in [0.29, 0.717) is 28.7 Å². The Balaban J connectivity index is 2.08. The average Bonchev–Trinajstić information content (AvgIpc) is 2.90. The molecule has 38 heavy (non-hydrogen) atoms. The van der Waals surface area contributed by atoms with Crippen molar-refractivity contribution in [3.8, 4) is 22.6 Å². The molecule has 1 aliphatic heterocycles. The Hall–Kier alpha value is -3.71. The van der Waals surface area contributed by atoms with Gasteiger partial charge in [0.2, 0.25) is 17.7 Å². The number of carbonyl (C=O) groups excluding carboxylic acids is 3. The van der Waals surface area contributed by atoms with Gasteiger partial charge < -0.3 is 49.1 Å². The van der Waals surface area contributed by atoms with Crippen LogP contribution in [0.4, 0.5) is 0 Å². The molecule has 0 saturated heterocycles. The van der Waals surface area contributed by atoms with Crippen LogP contribution in [0.3, 0.4) is 0 Å². The lowest BCUT2D eigenvalue weighted by molar-refractivity contribution is -0.132. The predicted molar refractivity (Wildman–Crippen MR) is 143 cm³/mol. The molecule has 3 amide bonds. The molecule has 0 aliphatic carbocycles. The first-order valence-corrected chi connectivity index (χ1v) is 12.6. The first kappa shape index (κ1) is 28.9. The number of amides is 3. The molecule has 206 valence electrons. The molecule has 0 fully saturated rings. The van der Waals surface area contributed by atoms with E-state index in [0.717, 1.165) is 0 Å². The molecule has 12 heteroatoms. The van der Waals surface area contributed by atoms with Crippen molar-refractivity contribution in [3.05, 3.63) is 47.5 Å². The Kier molecular flexibility index (Phi) is 10.0. The number of phenolic OH excluding ortho intramolecular Hbond substituents is 2. The SMILES string of the molecule is NCCC[C@@H]1NC(=O)[C@@H](N)Cc2cc(ccc2O)-c2ccc(O)c(c2)C[C@@H](C(=O)NC(CN)CN)NC1=O. The average molecular weight is 528 g/mol. The molecule has 3 atom stereocenters. The van der Waals surface area contributed by atoms with E-state index in [1.807, 2.05) is 0 Å². The van der Waals surface area contributed by atoms with Crippen LogP contribution in [-0.4, -0.2) is 71.7 Å². The van der Waals surface area contributed by atoms with Crippen LogP contribution < -0.4 is 38.9 Å². The minimum atomic E-state index is -1.12. The highest BCUT2D eigenvalue weighted by atomic mass is 16.3. The fourth-order valence-corrected chi connectivity index (χ4v) is 4.27. The second-order valence-corrected chi connectivity index (χ2v) is 9.43. The van der Waals surface area contributed by atoms with Gasteiger partial charge in [-0.3, -0.25) is 14.4 Å². The zero-order valence-corrected chi connectivity index (χ0v) is 21.2. The summed E-state index contributed by atoms with van der Waals surface area (Å²) in [7, 11) is 0. The topological polar surface area (TPSA) is 232 Å². The molecule has 0 unspecified atom stereocenters. The van der Waals surface area contributed by atoms with E-state index < -0.39 is 41.9 Å². The summed E-state index contributed by atoms with van der Waals surface area (Å²) in [5, 5.41) is 29.1. The molecule has 2 aromatic carbocycles. The maximum Gasteiger partial charge on any atom is 0.243 e. The van der Waals surface area contributed by atoms with E-state index in [1.54, 1.807) is 24.3 Å². The minimum absolute atomic E-state index is 0.0201. The quantitative estimate of drug-likeness (QED) is 0.199. The molecular weight excluding hydrogens is 490 g/mol. The second kappa shape index (κ2) is 13.2. The number of carbonyl (C=O) groups is 3. The normalized spacial score (nSPS) is 20.2. The fourth-order valence-electron chi connectivity index (χ4n) is 4.27. The number of nitrogens with one attached hydrogen (secondary N) is 3. The van der Waals surface area contributed by atoms with E-state index in [-0.39, 0.29) is 50.4 Å². The molecule has 0 radical (unpaired) electrons. The largest absolute Gasteiger partial charge is 0.508 e. The Morgan fingerprint density at radius 1 is 0.921 bits per heavy atom. The van der Waals surface area contributed by atoms with Crippen LogP contribution in [0.5, 0.6) is 11.5 Å². The summed E-state index contributed by atoms with van der Waals surface area (Å²) in [6, 6.07) is 6.10. The highest BCUT2D eigenvalue weighted by Crippen LogP contribution is 2.30. The van der Waals surface area contributed by atoms with E-state index in [2.05, 4.69) is 16.0 Å². The van der Waals surface area contributed by atoms with Gasteiger partial charge in [-0.2, -0.15) is 0 Å². The Labute approximate surface area is 221 Å². The number of hydrogen-bond acceptors (Lipinski definition) is 9. The maximum atomic E-state index is 13.3. The summed E-state index contributed by atoms with van der Waals surface area (Å²) in [4.78, 5) is 39.5. The number of aromatic hydroxyl groups is 2. The third-order valence-electron chi connectivity index (χ3n) is 6.57. The van der Waals surface area contributed by atoms with Gasteiger partial charge in [0.15, 0.2) is 0 Å². The highest BCUT2D eigenvalue weighted by molar-refractivity contribution is 5.93. The van der Waals surface area contributed by atoms with Crippen molar-refractivity contribution in [1.82, 2.24) is 16.0 Å². The smallest absolute Gasteiger partial charge is 0.243 e. The highest BCUT2D eigenvalue weighted by Gasteiger charge is 2.30. The summed E-state index contributed by atoms with van der Waals surface area (Å²) < 4.78 is 0. The number of benzene rings is 2. The molecule has 0 aromatic heterocycles. The monoisotopic (exact) mass is 527 g/mol. The van der Waals surface area contributed by atoms with Crippen molar-refractivity contribution in [2.24, 2.45) is 22.9 Å². The predicted octanol–water partition coefficient (Wildman–Crippen LogP) is -1.70. The Bertz CT molecular complexity index is 1150. The maximum absolute atomic E-state index is 13.3. The summed E-state index contributed by atoms with van der Waals surface area (Å²) in [5.74, 6) is -1.82. The lowest BCUT2D eigenvalue weighted by Crippen LogP contribution is -2.58. The van der Waals surface area contributed by atoms with Gasteiger partial charge in [-0.15, -0.1) is 0 Å². The van der Waals surface area contributed by atoms with Crippen LogP contribution in [0.15, 0.2) is 36.4 Å². The molecule has 0 saturated carbocycles. The van der Waals surface area contributed by atoms with Crippen LogP contribution in [-0.2, 0) is 27.2 Å². The molecule has 12 nitrogen and oxygen atoms in total. The zero-order chi connectivity index (χ0) is 27.8. The van der Waals surface area contributed by atoms with Gasteiger partial charge in [-0.05, 0) is 65.9 Å². The van der Waals surface area contributed by atoms with Gasteiger partial charge in [0, 0.05) is 25.9 Å². The van der Waals surface area contributed by atoms with Crippen molar-refractivity contribution in [2.75, 3.05) is 19.6 Å². The van der Waals surface area contributed by atoms with E-state index >= 15 is 0 Å². The molecule has 2 aromatic rings. The number of fused-ring (bicyclic) bond motifs is 5. The standard InChI is InChI=1S/C26H37N7O5/c27-7-1-2-20-25(37)33-21(26(38)31-18(12-28)13-29)11-17-9-15(4-6-23(17)35)14-3-5-22(34)16(8-14)10-19(30)24(36)32-20/h3-6,8-9,18-21,34-35H,1-2,7,10-13,27-30H2,(H,31,38)(H,32,36)(H,33,37)/t19-,20-,21-/m0/s1. The van der Waals surface area contributed by atoms with Crippen LogP contribution >= 0.6 is 0 Å². The molecule has 4 bridgehead atoms. The van der Waals surface area contributed by atoms with E-state index in [1.165, 1.54) is 12.1 Å². The van der Waals surface area contributed by atoms with Gasteiger partial charge in [-0.1, -0.05) is 12.1 Å². The first-order chi connectivity index (χ1) is 18.2. The van der Waals surface area contributed by atoms with E-state index in [9.17, 15) is 24.6 Å². The third kappa shape index (κ3) is 7.19. The van der Waals surface area contributed by atoms with E-state index in [4.69, 9.17) is 22.9 Å². The molecule has 1 heterocycles. The lowest BCUT2D eigenvalue weighted by atomic mass is 9.95. The molecule has 1 aliphatic rings.